The molecule has 0 aromatic carbocycles. The molecule has 5 aliphatic rings. The van der Waals surface area contributed by atoms with E-state index in [2.05, 4.69) is 0 Å². The number of carboxylic acid groups (broad SMARTS) is 1. The maximum Gasteiger partial charge on any atom is 0.310 e. The summed E-state index contributed by atoms with van der Waals surface area (Å²) >= 11 is 0. The maximum atomic E-state index is 12.4. The van der Waals surface area contributed by atoms with E-state index in [0.29, 0.717) is 19.5 Å². The van der Waals surface area contributed by atoms with Crippen LogP contribution in [0, 0.1) is 29.1 Å². The fraction of sp³-hybridized carbons (Fsp3) is 0.875. The molecule has 20 heavy (non-hydrogen) atoms. The number of rotatable bonds is 3. The SMILES string of the molecule is O=C(O)C1CN(C(=O)CC23CC4CC(CC(C4)C2)C3)C1. The zero-order valence-corrected chi connectivity index (χ0v) is 11.9. The molecule has 1 N–H and O–H groups in total. The minimum Gasteiger partial charge on any atom is -0.481 e. The normalized spacial score (nSPS) is 42.6. The van der Waals surface area contributed by atoms with Crippen molar-refractivity contribution >= 4 is 11.9 Å². The summed E-state index contributed by atoms with van der Waals surface area (Å²) in [6, 6.07) is 0. The molecule has 1 heterocycles. The number of amides is 1. The lowest BCUT2D eigenvalue weighted by molar-refractivity contribution is -0.155. The van der Waals surface area contributed by atoms with E-state index in [-0.39, 0.29) is 17.2 Å². The van der Waals surface area contributed by atoms with Gasteiger partial charge in [0.2, 0.25) is 5.91 Å². The van der Waals surface area contributed by atoms with Crippen molar-refractivity contribution in [2.75, 3.05) is 13.1 Å². The van der Waals surface area contributed by atoms with Gasteiger partial charge in [-0.3, -0.25) is 9.59 Å². The zero-order valence-electron chi connectivity index (χ0n) is 11.9. The van der Waals surface area contributed by atoms with Crippen LogP contribution in [0.1, 0.15) is 44.9 Å². The number of hydrogen-bond donors (Lipinski definition) is 1. The van der Waals surface area contributed by atoms with Gasteiger partial charge < -0.3 is 10.0 Å². The van der Waals surface area contributed by atoms with Crippen molar-refractivity contribution in [1.29, 1.82) is 0 Å². The maximum absolute atomic E-state index is 12.4. The van der Waals surface area contributed by atoms with Gasteiger partial charge in [0.05, 0.1) is 5.92 Å². The lowest BCUT2D eigenvalue weighted by Crippen LogP contribution is -2.55. The first kappa shape index (κ1) is 12.7. The zero-order chi connectivity index (χ0) is 13.9. The van der Waals surface area contributed by atoms with E-state index in [9.17, 15) is 9.59 Å². The molecule has 4 saturated carbocycles. The molecule has 0 unspecified atom stereocenters. The van der Waals surface area contributed by atoms with Crippen LogP contribution in [0.4, 0.5) is 0 Å². The number of carboxylic acids is 1. The Labute approximate surface area is 119 Å². The Morgan fingerprint density at radius 2 is 1.50 bits per heavy atom. The van der Waals surface area contributed by atoms with E-state index < -0.39 is 5.97 Å². The third-order valence-corrected chi connectivity index (χ3v) is 6.27. The van der Waals surface area contributed by atoms with Crippen LogP contribution in [0.25, 0.3) is 0 Å². The van der Waals surface area contributed by atoms with E-state index in [4.69, 9.17) is 5.11 Å². The minimum absolute atomic E-state index is 0.212. The van der Waals surface area contributed by atoms with Crippen molar-refractivity contribution in [3.8, 4) is 0 Å². The van der Waals surface area contributed by atoms with Crippen LogP contribution in [0.15, 0.2) is 0 Å². The summed E-state index contributed by atoms with van der Waals surface area (Å²) in [6.45, 7) is 0.862. The fourth-order valence-corrected chi connectivity index (χ4v) is 5.78. The van der Waals surface area contributed by atoms with Crippen LogP contribution in [0.5, 0.6) is 0 Å². The van der Waals surface area contributed by atoms with E-state index in [1.807, 2.05) is 0 Å². The van der Waals surface area contributed by atoms with Gasteiger partial charge in [0, 0.05) is 19.5 Å². The molecule has 5 rings (SSSR count). The van der Waals surface area contributed by atoms with Crippen molar-refractivity contribution in [3.05, 3.63) is 0 Å². The molecule has 1 aliphatic heterocycles. The summed E-state index contributed by atoms with van der Waals surface area (Å²) in [5.74, 6) is 1.75. The number of hydrogen-bond acceptors (Lipinski definition) is 2. The number of carbonyl (C=O) groups excluding carboxylic acids is 1. The Morgan fingerprint density at radius 1 is 1.00 bits per heavy atom. The summed E-state index contributed by atoms with van der Waals surface area (Å²) in [5.41, 5.74) is 0.278. The summed E-state index contributed by atoms with van der Waals surface area (Å²) in [4.78, 5) is 25.0. The first-order valence-corrected chi connectivity index (χ1v) is 8.04. The largest absolute Gasteiger partial charge is 0.481 e. The molecule has 0 aromatic rings. The topological polar surface area (TPSA) is 57.6 Å². The van der Waals surface area contributed by atoms with Gasteiger partial charge in [0.1, 0.15) is 0 Å². The van der Waals surface area contributed by atoms with Crippen LogP contribution in [-0.2, 0) is 9.59 Å². The van der Waals surface area contributed by atoms with Crippen molar-refractivity contribution in [3.63, 3.8) is 0 Å². The third-order valence-electron chi connectivity index (χ3n) is 6.27. The number of aliphatic carboxylic acids is 1. The van der Waals surface area contributed by atoms with Gasteiger partial charge in [-0.2, -0.15) is 0 Å². The van der Waals surface area contributed by atoms with Gasteiger partial charge in [-0.05, 0) is 61.7 Å². The Kier molecular flexibility index (Phi) is 2.67. The lowest BCUT2D eigenvalue weighted by atomic mass is 9.49. The smallest absolute Gasteiger partial charge is 0.310 e. The molecule has 1 saturated heterocycles. The van der Waals surface area contributed by atoms with Crippen LogP contribution in [-0.4, -0.2) is 35.0 Å². The fourth-order valence-electron chi connectivity index (χ4n) is 5.78. The summed E-state index contributed by atoms with van der Waals surface area (Å²) in [7, 11) is 0. The molecule has 1 amide bonds. The third kappa shape index (κ3) is 1.95. The van der Waals surface area contributed by atoms with Crippen LogP contribution in [0.3, 0.4) is 0 Å². The second-order valence-corrected chi connectivity index (χ2v) is 7.93. The molecule has 110 valence electrons. The molecule has 4 bridgehead atoms. The summed E-state index contributed by atoms with van der Waals surface area (Å²) < 4.78 is 0. The predicted molar refractivity (Wildman–Crippen MR) is 72.9 cm³/mol. The Hall–Kier alpha value is -1.06. The standard InChI is InChI=1S/C16H23NO3/c18-14(17-8-13(9-17)15(19)20)7-16-4-10-1-11(5-16)3-12(2-10)6-16/h10-13H,1-9H2,(H,19,20). The number of carbonyl (C=O) groups is 2. The number of likely N-dealkylation sites (tertiary alicyclic amines) is 1. The molecule has 4 aliphatic carbocycles. The highest BCUT2D eigenvalue weighted by Gasteiger charge is 2.52. The summed E-state index contributed by atoms with van der Waals surface area (Å²) in [6.07, 6.45) is 8.64. The second kappa shape index (κ2) is 4.22. The van der Waals surface area contributed by atoms with E-state index in [0.717, 1.165) is 17.8 Å². The monoisotopic (exact) mass is 277 g/mol. The average Bonchev–Trinajstić information content (AvgIpc) is 2.22. The summed E-state index contributed by atoms with van der Waals surface area (Å²) in [5, 5.41) is 8.90. The van der Waals surface area contributed by atoms with Gasteiger partial charge in [-0.1, -0.05) is 0 Å². The highest BCUT2D eigenvalue weighted by atomic mass is 16.4. The Morgan fingerprint density at radius 3 is 1.95 bits per heavy atom. The molecular weight excluding hydrogens is 254 g/mol. The average molecular weight is 277 g/mol. The van der Waals surface area contributed by atoms with Gasteiger partial charge >= 0.3 is 5.97 Å². The predicted octanol–water partition coefficient (Wildman–Crippen LogP) is 2.14. The molecule has 0 aromatic heterocycles. The van der Waals surface area contributed by atoms with Gasteiger partial charge in [-0.25, -0.2) is 0 Å². The van der Waals surface area contributed by atoms with Gasteiger partial charge in [0.25, 0.3) is 0 Å². The Balaban J connectivity index is 1.40. The lowest BCUT2D eigenvalue weighted by Gasteiger charge is -2.57. The molecular formula is C16H23NO3. The van der Waals surface area contributed by atoms with Crippen LogP contribution in [0.2, 0.25) is 0 Å². The molecule has 4 nitrogen and oxygen atoms in total. The molecule has 0 atom stereocenters. The van der Waals surface area contributed by atoms with Crippen molar-refractivity contribution in [1.82, 2.24) is 4.90 Å². The van der Waals surface area contributed by atoms with Crippen molar-refractivity contribution < 1.29 is 14.7 Å². The molecule has 4 heteroatoms. The molecule has 5 fully saturated rings. The first-order chi connectivity index (χ1) is 9.53. The van der Waals surface area contributed by atoms with E-state index >= 15 is 0 Å². The molecule has 0 radical (unpaired) electrons. The minimum atomic E-state index is -0.760. The van der Waals surface area contributed by atoms with E-state index in [1.54, 1.807) is 4.90 Å². The van der Waals surface area contributed by atoms with Crippen LogP contribution >= 0.6 is 0 Å². The van der Waals surface area contributed by atoms with Crippen molar-refractivity contribution in [2.24, 2.45) is 29.1 Å². The van der Waals surface area contributed by atoms with Gasteiger partial charge in [-0.15, -0.1) is 0 Å². The number of nitrogens with zero attached hydrogens (tertiary/aromatic N) is 1. The quantitative estimate of drug-likeness (QED) is 0.860. The van der Waals surface area contributed by atoms with Crippen molar-refractivity contribution in [2.45, 2.75) is 44.9 Å². The van der Waals surface area contributed by atoms with Gasteiger partial charge in [0.15, 0.2) is 0 Å². The highest BCUT2D eigenvalue weighted by Crippen LogP contribution is 2.61. The highest BCUT2D eigenvalue weighted by molar-refractivity contribution is 5.81. The second-order valence-electron chi connectivity index (χ2n) is 7.93. The molecule has 0 spiro atoms. The van der Waals surface area contributed by atoms with E-state index in [1.165, 1.54) is 38.5 Å². The first-order valence-electron chi connectivity index (χ1n) is 8.04. The van der Waals surface area contributed by atoms with Crippen LogP contribution < -0.4 is 0 Å². The Bertz CT molecular complexity index is 417.